The number of carboxylic acid groups (broad SMARTS) is 1. The zero-order valence-corrected chi connectivity index (χ0v) is 11.9. The Balaban J connectivity index is 2.83. The number of carbonyl (C=O) groups is 2. The highest BCUT2D eigenvalue weighted by molar-refractivity contribution is 6.29. The van der Waals surface area contributed by atoms with Crippen molar-refractivity contribution in [2.75, 3.05) is 0 Å². The fraction of sp³-hybridized carbons (Fsp3) is 0.462. The highest BCUT2D eigenvalue weighted by atomic mass is 35.5. The lowest BCUT2D eigenvalue weighted by Crippen LogP contribution is -2.40. The molecule has 0 aliphatic rings. The second kappa shape index (κ2) is 6.52. The molecular formula is C13H17ClN2O3. The van der Waals surface area contributed by atoms with E-state index in [1.807, 2.05) is 6.92 Å². The summed E-state index contributed by atoms with van der Waals surface area (Å²) in [6, 6.07) is 2.65. The number of aliphatic carboxylic acids is 1. The summed E-state index contributed by atoms with van der Waals surface area (Å²) >= 11 is 5.84. The second-order valence-electron chi connectivity index (χ2n) is 4.41. The monoisotopic (exact) mass is 284 g/mol. The van der Waals surface area contributed by atoms with Crippen LogP contribution in [0.5, 0.6) is 0 Å². The van der Waals surface area contributed by atoms with Gasteiger partial charge in [-0.1, -0.05) is 18.5 Å². The van der Waals surface area contributed by atoms with E-state index in [2.05, 4.69) is 10.3 Å². The van der Waals surface area contributed by atoms with Gasteiger partial charge in [-0.25, -0.2) is 4.98 Å². The molecule has 0 aliphatic heterocycles. The maximum absolute atomic E-state index is 12.0. The predicted molar refractivity (Wildman–Crippen MR) is 72.4 cm³/mol. The third-order valence-corrected chi connectivity index (χ3v) is 3.16. The van der Waals surface area contributed by atoms with E-state index >= 15 is 0 Å². The van der Waals surface area contributed by atoms with Gasteiger partial charge in [-0.15, -0.1) is 0 Å². The Labute approximate surface area is 117 Å². The zero-order valence-electron chi connectivity index (χ0n) is 11.1. The van der Waals surface area contributed by atoms with E-state index in [4.69, 9.17) is 16.7 Å². The van der Waals surface area contributed by atoms with E-state index in [0.717, 1.165) is 5.69 Å². The largest absolute Gasteiger partial charge is 0.481 e. The van der Waals surface area contributed by atoms with Gasteiger partial charge >= 0.3 is 5.97 Å². The Kier molecular flexibility index (Phi) is 5.30. The van der Waals surface area contributed by atoms with E-state index in [0.29, 0.717) is 12.0 Å². The Morgan fingerprint density at radius 1 is 1.42 bits per heavy atom. The van der Waals surface area contributed by atoms with Gasteiger partial charge in [0.2, 0.25) is 0 Å². The van der Waals surface area contributed by atoms with Gasteiger partial charge in [-0.3, -0.25) is 9.59 Å². The van der Waals surface area contributed by atoms with Gasteiger partial charge in [0.15, 0.2) is 0 Å². The molecule has 0 saturated heterocycles. The smallest absolute Gasteiger partial charge is 0.308 e. The number of carbonyl (C=O) groups excluding carboxylic acids is 1. The minimum Gasteiger partial charge on any atom is -0.481 e. The summed E-state index contributed by atoms with van der Waals surface area (Å²) in [6.07, 6.45) is 0.669. The van der Waals surface area contributed by atoms with Crippen molar-refractivity contribution < 1.29 is 14.7 Å². The molecule has 6 heteroatoms. The molecule has 1 aromatic rings. The Morgan fingerprint density at radius 3 is 2.58 bits per heavy atom. The maximum Gasteiger partial charge on any atom is 0.308 e. The van der Waals surface area contributed by atoms with Crippen LogP contribution in [0.25, 0.3) is 0 Å². The molecule has 0 aliphatic carbocycles. The zero-order chi connectivity index (χ0) is 14.6. The molecule has 0 saturated carbocycles. The molecule has 1 rings (SSSR count). The van der Waals surface area contributed by atoms with Gasteiger partial charge in [0.05, 0.1) is 5.92 Å². The van der Waals surface area contributed by atoms with Crippen LogP contribution < -0.4 is 5.32 Å². The predicted octanol–water partition coefficient (Wildman–Crippen LogP) is 2.14. The molecule has 0 radical (unpaired) electrons. The number of rotatable bonds is 5. The highest BCUT2D eigenvalue weighted by Gasteiger charge is 2.21. The van der Waals surface area contributed by atoms with Crippen molar-refractivity contribution in [1.82, 2.24) is 10.3 Å². The number of hydrogen-bond acceptors (Lipinski definition) is 3. The molecule has 104 valence electrons. The van der Waals surface area contributed by atoms with Gasteiger partial charge in [0, 0.05) is 17.3 Å². The molecule has 2 N–H and O–H groups in total. The highest BCUT2D eigenvalue weighted by Crippen LogP contribution is 2.12. The van der Waals surface area contributed by atoms with Crippen molar-refractivity contribution in [2.45, 2.75) is 33.2 Å². The van der Waals surface area contributed by atoms with Gasteiger partial charge < -0.3 is 10.4 Å². The average molecular weight is 285 g/mol. The minimum atomic E-state index is -0.949. The van der Waals surface area contributed by atoms with E-state index in [9.17, 15) is 9.59 Å². The van der Waals surface area contributed by atoms with Crippen LogP contribution >= 0.6 is 11.6 Å². The number of aromatic nitrogens is 1. The minimum absolute atomic E-state index is 0.253. The summed E-state index contributed by atoms with van der Waals surface area (Å²) in [7, 11) is 0. The molecule has 0 fully saturated rings. The molecular weight excluding hydrogens is 268 g/mol. The summed E-state index contributed by atoms with van der Waals surface area (Å²) in [6.45, 7) is 5.11. The number of nitrogens with one attached hydrogen (secondary N) is 1. The lowest BCUT2D eigenvalue weighted by Gasteiger charge is -2.18. The number of halogens is 1. The Hall–Kier alpha value is -1.62. The van der Waals surface area contributed by atoms with Crippen LogP contribution in [-0.2, 0) is 11.2 Å². The van der Waals surface area contributed by atoms with Gasteiger partial charge in [0.1, 0.15) is 5.15 Å². The Bertz CT molecular complexity index is 491. The van der Waals surface area contributed by atoms with Crippen LogP contribution in [0.2, 0.25) is 5.15 Å². The van der Waals surface area contributed by atoms with E-state index in [1.165, 1.54) is 6.07 Å². The van der Waals surface area contributed by atoms with Gasteiger partial charge in [-0.2, -0.15) is 0 Å². The van der Waals surface area contributed by atoms with Crippen molar-refractivity contribution in [2.24, 2.45) is 5.92 Å². The summed E-state index contributed by atoms with van der Waals surface area (Å²) in [4.78, 5) is 26.9. The van der Waals surface area contributed by atoms with E-state index in [1.54, 1.807) is 19.9 Å². The topological polar surface area (TPSA) is 79.3 Å². The first-order valence-electron chi connectivity index (χ1n) is 6.05. The molecule has 1 aromatic heterocycles. The number of aryl methyl sites for hydroxylation is 1. The van der Waals surface area contributed by atoms with E-state index < -0.39 is 17.9 Å². The molecule has 0 spiro atoms. The van der Waals surface area contributed by atoms with Gasteiger partial charge in [0.25, 0.3) is 5.91 Å². The van der Waals surface area contributed by atoms with Crippen molar-refractivity contribution in [1.29, 1.82) is 0 Å². The fourth-order valence-corrected chi connectivity index (χ4v) is 1.72. The number of carboxylic acids is 1. The molecule has 0 aromatic carbocycles. The number of amides is 1. The quantitative estimate of drug-likeness (QED) is 0.812. The van der Waals surface area contributed by atoms with Crippen LogP contribution in [0, 0.1) is 5.92 Å². The standard InChI is InChI=1S/C13H17ClN2O3/c1-4-10-5-9(6-11(14)16-10)12(17)15-8(3)7(2)13(18)19/h5-8H,4H2,1-3H3,(H,15,17)(H,18,19). The SMILES string of the molecule is CCc1cc(C(=O)NC(C)C(C)C(=O)O)cc(Cl)n1. The molecule has 0 bridgehead atoms. The van der Waals surface area contributed by atoms with Crippen LogP contribution in [0.3, 0.4) is 0 Å². The van der Waals surface area contributed by atoms with Gasteiger partial charge in [-0.05, 0) is 32.4 Å². The normalized spacial score (nSPS) is 13.7. The average Bonchev–Trinajstić information content (AvgIpc) is 2.36. The van der Waals surface area contributed by atoms with Crippen molar-refractivity contribution >= 4 is 23.5 Å². The first-order chi connectivity index (χ1) is 8.85. The van der Waals surface area contributed by atoms with Crippen molar-refractivity contribution in [3.05, 3.63) is 28.5 Å². The second-order valence-corrected chi connectivity index (χ2v) is 4.80. The summed E-state index contributed by atoms with van der Waals surface area (Å²) in [5.41, 5.74) is 1.11. The number of pyridine rings is 1. The third kappa shape index (κ3) is 4.21. The molecule has 2 atom stereocenters. The van der Waals surface area contributed by atoms with Crippen LogP contribution in [0.1, 0.15) is 36.8 Å². The lowest BCUT2D eigenvalue weighted by atomic mass is 10.0. The molecule has 1 amide bonds. The molecule has 2 unspecified atom stereocenters. The van der Waals surface area contributed by atoms with Crippen molar-refractivity contribution in [3.63, 3.8) is 0 Å². The fourth-order valence-electron chi connectivity index (χ4n) is 1.49. The first kappa shape index (κ1) is 15.4. The van der Waals surface area contributed by atoms with Crippen molar-refractivity contribution in [3.8, 4) is 0 Å². The molecule has 1 heterocycles. The maximum atomic E-state index is 12.0. The van der Waals surface area contributed by atoms with Crippen LogP contribution in [0.15, 0.2) is 12.1 Å². The van der Waals surface area contributed by atoms with Crippen LogP contribution in [-0.4, -0.2) is 28.0 Å². The number of hydrogen-bond donors (Lipinski definition) is 2. The number of nitrogens with zero attached hydrogens (tertiary/aromatic N) is 1. The Morgan fingerprint density at radius 2 is 2.05 bits per heavy atom. The molecule has 19 heavy (non-hydrogen) atoms. The summed E-state index contributed by atoms with van der Waals surface area (Å²) in [5, 5.41) is 11.8. The molecule has 5 nitrogen and oxygen atoms in total. The van der Waals surface area contributed by atoms with E-state index in [-0.39, 0.29) is 11.1 Å². The first-order valence-corrected chi connectivity index (χ1v) is 6.43. The van der Waals surface area contributed by atoms with Crippen LogP contribution in [0.4, 0.5) is 0 Å². The summed E-state index contributed by atoms with van der Waals surface area (Å²) < 4.78 is 0. The lowest BCUT2D eigenvalue weighted by molar-refractivity contribution is -0.141. The summed E-state index contributed by atoms with van der Waals surface area (Å²) in [5.74, 6) is -1.96. The third-order valence-electron chi connectivity index (χ3n) is 2.97.